The summed E-state index contributed by atoms with van der Waals surface area (Å²) >= 11 is 12.4. The minimum Gasteiger partial charge on any atom is -0.313 e. The van der Waals surface area contributed by atoms with Crippen LogP contribution >= 0.6 is 23.2 Å². The minimum absolute atomic E-state index is 0.536. The van der Waals surface area contributed by atoms with Crippen LogP contribution in [0.3, 0.4) is 0 Å². The topological polar surface area (TPSA) is 15.3 Å². The highest BCUT2D eigenvalue weighted by atomic mass is 35.5. The maximum atomic E-state index is 6.29. The van der Waals surface area contributed by atoms with Crippen LogP contribution in [0.25, 0.3) is 0 Å². The van der Waals surface area contributed by atoms with E-state index in [2.05, 4.69) is 24.1 Å². The summed E-state index contributed by atoms with van der Waals surface area (Å²) in [5.74, 6) is 0. The first kappa shape index (κ1) is 16.1. The van der Waals surface area contributed by atoms with Gasteiger partial charge < -0.3 is 5.32 Å². The van der Waals surface area contributed by atoms with Gasteiger partial charge in [0.15, 0.2) is 0 Å². The highest BCUT2D eigenvalue weighted by Crippen LogP contribution is 2.25. The largest absolute Gasteiger partial charge is 0.313 e. The summed E-state index contributed by atoms with van der Waals surface area (Å²) in [6.07, 6.45) is 3.86. The van der Waals surface area contributed by atoms with Crippen molar-refractivity contribution in [3.05, 3.63) is 33.8 Å². The number of likely N-dealkylation sites (tertiary alicyclic amines) is 1. The average Bonchev–Trinajstić information content (AvgIpc) is 2.42. The van der Waals surface area contributed by atoms with Crippen LogP contribution in [0.2, 0.25) is 10.0 Å². The molecule has 2 nitrogen and oxygen atoms in total. The molecule has 112 valence electrons. The Balaban J connectivity index is 2.02. The summed E-state index contributed by atoms with van der Waals surface area (Å²) < 4.78 is 0. The number of nitrogens with zero attached hydrogens (tertiary/aromatic N) is 1. The molecule has 0 aromatic heterocycles. The van der Waals surface area contributed by atoms with Gasteiger partial charge in [0.1, 0.15) is 0 Å². The van der Waals surface area contributed by atoms with E-state index in [1.165, 1.54) is 19.3 Å². The fraction of sp³-hybridized carbons (Fsp3) is 0.625. The molecule has 0 bridgehead atoms. The van der Waals surface area contributed by atoms with E-state index in [1.54, 1.807) is 0 Å². The van der Waals surface area contributed by atoms with Gasteiger partial charge in [0.2, 0.25) is 0 Å². The summed E-state index contributed by atoms with van der Waals surface area (Å²) in [4.78, 5) is 2.54. The van der Waals surface area contributed by atoms with Crippen molar-refractivity contribution in [2.75, 3.05) is 13.1 Å². The predicted octanol–water partition coefficient (Wildman–Crippen LogP) is 4.35. The number of rotatable bonds is 5. The summed E-state index contributed by atoms with van der Waals surface area (Å²) in [6.45, 7) is 7.48. The van der Waals surface area contributed by atoms with Crippen LogP contribution in [0, 0.1) is 0 Å². The lowest BCUT2D eigenvalue weighted by atomic mass is 10.0. The van der Waals surface area contributed by atoms with E-state index in [4.69, 9.17) is 23.2 Å². The summed E-state index contributed by atoms with van der Waals surface area (Å²) in [5, 5.41) is 5.13. The fourth-order valence-corrected chi connectivity index (χ4v) is 3.13. The minimum atomic E-state index is 0.536. The van der Waals surface area contributed by atoms with E-state index in [0.717, 1.165) is 35.2 Å². The van der Waals surface area contributed by atoms with Crippen molar-refractivity contribution < 1.29 is 0 Å². The van der Waals surface area contributed by atoms with Crippen LogP contribution in [0.15, 0.2) is 18.2 Å². The van der Waals surface area contributed by atoms with E-state index < -0.39 is 0 Å². The molecule has 1 heterocycles. The summed E-state index contributed by atoms with van der Waals surface area (Å²) in [6, 6.07) is 6.87. The first-order valence-electron chi connectivity index (χ1n) is 7.47. The molecule has 1 aromatic rings. The maximum Gasteiger partial charge on any atom is 0.0452 e. The third kappa shape index (κ3) is 4.63. The normalized spacial score (nSPS) is 20.6. The summed E-state index contributed by atoms with van der Waals surface area (Å²) in [7, 11) is 0. The Labute approximate surface area is 132 Å². The molecule has 20 heavy (non-hydrogen) atoms. The number of piperidine rings is 1. The SMILES string of the molecule is CC(C)NCC1CCCCN1Cc1cc(Cl)ccc1Cl. The molecule has 1 aliphatic heterocycles. The molecule has 0 amide bonds. The van der Waals surface area contributed by atoms with Crippen LogP contribution in [0.4, 0.5) is 0 Å². The number of benzene rings is 1. The van der Waals surface area contributed by atoms with E-state index in [0.29, 0.717) is 12.1 Å². The first-order chi connectivity index (χ1) is 9.56. The monoisotopic (exact) mass is 314 g/mol. The maximum absolute atomic E-state index is 6.29. The predicted molar refractivity (Wildman–Crippen MR) is 87.6 cm³/mol. The number of hydrogen-bond donors (Lipinski definition) is 1. The molecule has 1 atom stereocenters. The standard InChI is InChI=1S/C16H24Cl2N2/c1-12(2)19-10-15-5-3-4-8-20(15)11-13-9-14(17)6-7-16(13)18/h6-7,9,12,15,19H,3-5,8,10-11H2,1-2H3. The summed E-state index contributed by atoms with van der Waals surface area (Å²) in [5.41, 5.74) is 1.13. The number of halogens is 2. The van der Waals surface area contributed by atoms with Crippen LogP contribution in [0.5, 0.6) is 0 Å². The molecule has 1 N–H and O–H groups in total. The fourth-order valence-electron chi connectivity index (χ4n) is 2.75. The zero-order valence-corrected chi connectivity index (χ0v) is 13.8. The zero-order valence-electron chi connectivity index (χ0n) is 12.3. The lowest BCUT2D eigenvalue weighted by molar-refractivity contribution is 0.136. The van der Waals surface area contributed by atoms with Gasteiger partial charge in [-0.2, -0.15) is 0 Å². The molecule has 1 aliphatic rings. The lowest BCUT2D eigenvalue weighted by Gasteiger charge is -2.36. The highest BCUT2D eigenvalue weighted by Gasteiger charge is 2.23. The van der Waals surface area contributed by atoms with Gasteiger partial charge in [-0.1, -0.05) is 43.5 Å². The van der Waals surface area contributed by atoms with E-state index in [9.17, 15) is 0 Å². The molecule has 0 radical (unpaired) electrons. The van der Waals surface area contributed by atoms with Crippen molar-refractivity contribution in [2.45, 2.75) is 51.7 Å². The van der Waals surface area contributed by atoms with Gasteiger partial charge in [0.25, 0.3) is 0 Å². The molecule has 0 spiro atoms. The van der Waals surface area contributed by atoms with Gasteiger partial charge >= 0.3 is 0 Å². The quantitative estimate of drug-likeness (QED) is 0.869. The molecule has 1 aromatic carbocycles. The van der Waals surface area contributed by atoms with Gasteiger partial charge in [-0.15, -0.1) is 0 Å². The van der Waals surface area contributed by atoms with Crippen molar-refractivity contribution >= 4 is 23.2 Å². The molecular weight excluding hydrogens is 291 g/mol. The Hall–Kier alpha value is -0.280. The molecule has 0 saturated carbocycles. The smallest absolute Gasteiger partial charge is 0.0452 e. The Kier molecular flexibility index (Phi) is 6.16. The van der Waals surface area contributed by atoms with Crippen LogP contribution in [0.1, 0.15) is 38.7 Å². The second-order valence-electron chi connectivity index (χ2n) is 5.92. The first-order valence-corrected chi connectivity index (χ1v) is 8.23. The van der Waals surface area contributed by atoms with Crippen molar-refractivity contribution in [3.63, 3.8) is 0 Å². The Morgan fingerprint density at radius 2 is 2.10 bits per heavy atom. The second kappa shape index (κ2) is 7.65. The molecule has 0 aliphatic carbocycles. The van der Waals surface area contributed by atoms with Crippen molar-refractivity contribution in [3.8, 4) is 0 Å². The van der Waals surface area contributed by atoms with Crippen molar-refractivity contribution in [2.24, 2.45) is 0 Å². The Bertz CT molecular complexity index is 434. The van der Waals surface area contributed by atoms with Gasteiger partial charge in [0.05, 0.1) is 0 Å². The molecule has 1 saturated heterocycles. The van der Waals surface area contributed by atoms with Gasteiger partial charge in [-0.25, -0.2) is 0 Å². The van der Waals surface area contributed by atoms with Crippen LogP contribution in [-0.4, -0.2) is 30.1 Å². The molecule has 2 rings (SSSR count). The molecule has 1 fully saturated rings. The molecule has 4 heteroatoms. The van der Waals surface area contributed by atoms with Crippen LogP contribution < -0.4 is 5.32 Å². The highest BCUT2D eigenvalue weighted by molar-refractivity contribution is 6.33. The second-order valence-corrected chi connectivity index (χ2v) is 6.76. The van der Waals surface area contributed by atoms with Crippen LogP contribution in [-0.2, 0) is 6.54 Å². The lowest BCUT2D eigenvalue weighted by Crippen LogP contribution is -2.46. The Morgan fingerprint density at radius 1 is 1.30 bits per heavy atom. The van der Waals surface area contributed by atoms with Gasteiger partial charge in [-0.05, 0) is 43.1 Å². The molecule has 1 unspecified atom stereocenters. The number of hydrogen-bond acceptors (Lipinski definition) is 2. The third-order valence-electron chi connectivity index (χ3n) is 3.89. The van der Waals surface area contributed by atoms with Crippen molar-refractivity contribution in [1.29, 1.82) is 0 Å². The van der Waals surface area contributed by atoms with E-state index in [-0.39, 0.29) is 0 Å². The number of nitrogens with one attached hydrogen (secondary N) is 1. The third-order valence-corrected chi connectivity index (χ3v) is 4.50. The van der Waals surface area contributed by atoms with Gasteiger partial charge in [-0.3, -0.25) is 4.90 Å². The zero-order chi connectivity index (χ0) is 14.5. The van der Waals surface area contributed by atoms with Gasteiger partial charge in [0, 0.05) is 35.2 Å². The average molecular weight is 315 g/mol. The Morgan fingerprint density at radius 3 is 2.85 bits per heavy atom. The van der Waals surface area contributed by atoms with Crippen molar-refractivity contribution in [1.82, 2.24) is 10.2 Å². The molecular formula is C16H24Cl2N2. The van der Waals surface area contributed by atoms with E-state index in [1.807, 2.05) is 18.2 Å². The van der Waals surface area contributed by atoms with E-state index >= 15 is 0 Å².